The van der Waals surface area contributed by atoms with Gasteiger partial charge in [0.1, 0.15) is 17.0 Å². The minimum Gasteiger partial charge on any atom is -0.487 e. The van der Waals surface area contributed by atoms with Gasteiger partial charge < -0.3 is 24.8 Å². The van der Waals surface area contributed by atoms with Crippen molar-refractivity contribution in [2.45, 2.75) is 116 Å². The minimum absolute atomic E-state index is 0.0422. The van der Waals surface area contributed by atoms with E-state index < -0.39 is 22.8 Å². The number of rotatable bonds is 9. The number of methoxy groups -OCH3 is 1. The smallest absolute Gasteiger partial charge is 0.437 e. The molecule has 0 aromatic heterocycles. The van der Waals surface area contributed by atoms with Crippen LogP contribution in [-0.4, -0.2) is 65.3 Å². The highest BCUT2D eigenvalue weighted by Gasteiger charge is 2.54. The Kier molecular flexibility index (Phi) is 9.25. The molecule has 1 saturated carbocycles. The lowest BCUT2D eigenvalue weighted by molar-refractivity contribution is -0.134. The summed E-state index contributed by atoms with van der Waals surface area (Å²) in [5.74, 6) is 0.439. The van der Waals surface area contributed by atoms with Gasteiger partial charge in [-0.05, 0) is 72.3 Å². The van der Waals surface area contributed by atoms with Gasteiger partial charge in [0.05, 0.1) is 12.5 Å². The number of carbonyl (C=O) groups excluding carboxylic acids is 3. The molecule has 1 aliphatic carbocycles. The second-order valence-corrected chi connectivity index (χ2v) is 13.5. The van der Waals surface area contributed by atoms with Gasteiger partial charge >= 0.3 is 6.09 Å². The molecule has 4 rings (SSSR count). The van der Waals surface area contributed by atoms with E-state index in [9.17, 15) is 14.4 Å². The molecule has 0 radical (unpaired) electrons. The van der Waals surface area contributed by atoms with Gasteiger partial charge in [-0.1, -0.05) is 32.0 Å². The van der Waals surface area contributed by atoms with Gasteiger partial charge in [0.15, 0.2) is 0 Å². The fraction of sp³-hybridized carbons (Fsp3) is 0.688. The number of benzene rings is 1. The van der Waals surface area contributed by atoms with E-state index in [-0.39, 0.29) is 48.1 Å². The third-order valence-electron chi connectivity index (χ3n) is 8.62. The molecule has 2 N–H and O–H groups in total. The van der Waals surface area contributed by atoms with Crippen molar-refractivity contribution in [1.29, 1.82) is 0 Å². The molecular weight excluding hydrogens is 536 g/mol. The number of carbonyl (C=O) groups is 3. The molecule has 232 valence electrons. The lowest BCUT2D eigenvalue weighted by atomic mass is 9.86. The maximum Gasteiger partial charge on any atom is 0.437 e. The van der Waals surface area contributed by atoms with Gasteiger partial charge in [0.2, 0.25) is 17.8 Å². The number of aliphatic imine (C=N–C) groups is 1. The molecule has 2 heterocycles. The number of nitrogens with one attached hydrogen (secondary N) is 2. The largest absolute Gasteiger partial charge is 0.487 e. The monoisotopic (exact) mass is 584 g/mol. The average molecular weight is 585 g/mol. The number of ether oxygens (including phenoxy) is 3. The summed E-state index contributed by atoms with van der Waals surface area (Å²) < 4.78 is 17.0. The van der Waals surface area contributed by atoms with Crippen LogP contribution in [0, 0.1) is 11.8 Å². The summed E-state index contributed by atoms with van der Waals surface area (Å²) in [4.78, 5) is 46.2. The zero-order valence-corrected chi connectivity index (χ0v) is 26.4. The highest BCUT2D eigenvalue weighted by Crippen LogP contribution is 2.47. The predicted octanol–water partition coefficient (Wildman–Crippen LogP) is 5.12. The van der Waals surface area contributed by atoms with Crippen LogP contribution in [0.4, 0.5) is 4.79 Å². The average Bonchev–Trinajstić information content (AvgIpc) is 3.69. The molecule has 0 bridgehead atoms. The number of amides is 3. The van der Waals surface area contributed by atoms with E-state index in [1.807, 2.05) is 52.0 Å². The summed E-state index contributed by atoms with van der Waals surface area (Å²) >= 11 is 0. The first-order valence-electron chi connectivity index (χ1n) is 15.2. The Balaban J connectivity index is 1.58. The summed E-state index contributed by atoms with van der Waals surface area (Å²) in [5, 5.41) is 6.71. The van der Waals surface area contributed by atoms with Crippen molar-refractivity contribution >= 4 is 23.9 Å². The molecule has 0 spiro atoms. The van der Waals surface area contributed by atoms with Crippen molar-refractivity contribution in [3.8, 4) is 5.75 Å². The van der Waals surface area contributed by atoms with E-state index in [0.29, 0.717) is 38.7 Å². The number of hydrogen-bond acceptors (Lipinski definition) is 6. The summed E-state index contributed by atoms with van der Waals surface area (Å²) in [5.41, 5.74) is -0.690. The molecule has 3 amide bonds. The second-order valence-electron chi connectivity index (χ2n) is 13.5. The Morgan fingerprint density at radius 2 is 1.90 bits per heavy atom. The third kappa shape index (κ3) is 7.25. The number of hydrogen-bond donors (Lipinski definition) is 2. The van der Waals surface area contributed by atoms with Gasteiger partial charge in [0, 0.05) is 43.2 Å². The zero-order valence-electron chi connectivity index (χ0n) is 26.4. The minimum atomic E-state index is -0.762. The van der Waals surface area contributed by atoms with Crippen LogP contribution in [0.2, 0.25) is 0 Å². The molecule has 3 aliphatic rings. The van der Waals surface area contributed by atoms with E-state index >= 15 is 0 Å². The van der Waals surface area contributed by atoms with Gasteiger partial charge in [-0.25, -0.2) is 4.79 Å². The summed E-state index contributed by atoms with van der Waals surface area (Å²) in [6, 6.07) is 7.27. The molecule has 42 heavy (non-hydrogen) atoms. The Morgan fingerprint density at radius 3 is 2.55 bits per heavy atom. The maximum atomic E-state index is 13.8. The van der Waals surface area contributed by atoms with Crippen molar-refractivity contribution in [3.05, 3.63) is 29.8 Å². The fourth-order valence-electron chi connectivity index (χ4n) is 6.23. The molecule has 1 aromatic rings. The lowest BCUT2D eigenvalue weighted by Gasteiger charge is -2.45. The lowest BCUT2D eigenvalue weighted by Crippen LogP contribution is -2.65. The summed E-state index contributed by atoms with van der Waals surface area (Å²) in [6.07, 6.45) is 2.68. The molecule has 2 fully saturated rings. The Hall–Kier alpha value is -3.14. The summed E-state index contributed by atoms with van der Waals surface area (Å²) in [7, 11) is 1.61. The topological polar surface area (TPSA) is 119 Å². The highest BCUT2D eigenvalue weighted by molar-refractivity contribution is 6.04. The maximum absolute atomic E-state index is 13.8. The van der Waals surface area contributed by atoms with Crippen molar-refractivity contribution in [1.82, 2.24) is 15.5 Å². The van der Waals surface area contributed by atoms with Gasteiger partial charge in [-0.3, -0.25) is 14.5 Å². The zero-order chi connectivity index (χ0) is 30.9. The van der Waals surface area contributed by atoms with Gasteiger partial charge in [-0.15, -0.1) is 4.99 Å². The first-order valence-corrected chi connectivity index (χ1v) is 15.2. The second kappa shape index (κ2) is 12.2. The highest BCUT2D eigenvalue weighted by atomic mass is 16.6. The molecule has 1 unspecified atom stereocenters. The number of fused-ring (bicyclic) bond motifs is 1. The van der Waals surface area contributed by atoms with Crippen LogP contribution in [0.15, 0.2) is 29.3 Å². The number of nitrogens with zero attached hydrogens (tertiary/aromatic N) is 2. The first-order chi connectivity index (χ1) is 19.7. The van der Waals surface area contributed by atoms with E-state index in [0.717, 1.165) is 11.3 Å². The molecule has 4 atom stereocenters. The number of guanidine groups is 1. The van der Waals surface area contributed by atoms with Crippen LogP contribution in [0.25, 0.3) is 0 Å². The predicted molar refractivity (Wildman–Crippen MR) is 160 cm³/mol. The van der Waals surface area contributed by atoms with Crippen LogP contribution >= 0.6 is 0 Å². The molecule has 1 saturated heterocycles. The normalized spacial score (nSPS) is 26.0. The molecule has 10 nitrogen and oxygen atoms in total. The van der Waals surface area contributed by atoms with Crippen LogP contribution in [0.3, 0.4) is 0 Å². The fourth-order valence-corrected chi connectivity index (χ4v) is 6.23. The Labute approximate surface area is 249 Å². The molecule has 2 aliphatic heterocycles. The third-order valence-corrected chi connectivity index (χ3v) is 8.62. The van der Waals surface area contributed by atoms with E-state index in [1.54, 1.807) is 32.8 Å². The van der Waals surface area contributed by atoms with Gasteiger partial charge in [0.25, 0.3) is 0 Å². The quantitative estimate of drug-likeness (QED) is 0.414. The van der Waals surface area contributed by atoms with Gasteiger partial charge in [-0.2, -0.15) is 0 Å². The van der Waals surface area contributed by atoms with Crippen LogP contribution < -0.4 is 15.4 Å². The first kappa shape index (κ1) is 31.8. The Bertz CT molecular complexity index is 1200. The molecule has 1 aromatic carbocycles. The number of para-hydroxylation sites is 1. The standard InChI is InChI=1S/C32H48N4O6/c1-9-32(10-2)19-26(37)36(28(35-32)34-29(39)42-30(3,4)5)24(15-16-40-8)21-17-22(21)27(38)33-23-18-31(6,7)41-25-14-12-11-13-20(23)25/h11-14,21-24H,9-10,15-19H2,1-8H3,(H,33,38)(H,34,35,39)/t21-,22-,23+,24?/m1/s1. The molecule has 10 heteroatoms. The van der Waals surface area contributed by atoms with E-state index in [2.05, 4.69) is 15.6 Å². The van der Waals surface area contributed by atoms with Crippen molar-refractivity contribution in [2.75, 3.05) is 13.7 Å². The van der Waals surface area contributed by atoms with Crippen molar-refractivity contribution in [3.63, 3.8) is 0 Å². The van der Waals surface area contributed by atoms with E-state index in [4.69, 9.17) is 14.2 Å². The van der Waals surface area contributed by atoms with Crippen molar-refractivity contribution in [2.24, 2.45) is 16.8 Å². The van der Waals surface area contributed by atoms with Crippen LogP contribution in [0.5, 0.6) is 5.75 Å². The van der Waals surface area contributed by atoms with Crippen LogP contribution in [0.1, 0.15) is 98.6 Å². The van der Waals surface area contributed by atoms with Crippen molar-refractivity contribution < 1.29 is 28.6 Å². The molecular formula is C32H48N4O6. The van der Waals surface area contributed by atoms with E-state index in [1.165, 1.54) is 0 Å². The Morgan fingerprint density at radius 1 is 1.21 bits per heavy atom. The summed E-state index contributed by atoms with van der Waals surface area (Å²) in [6.45, 7) is 13.8. The SMILES string of the molecule is CCC1(CC)CC(=O)N(C(CCOC)[C@@H]2C[C@H]2C(=O)N[C@H]2CC(C)(C)Oc3ccccc32)/C(=N\C(=O)OC(C)(C)C)N1. The van der Waals surface area contributed by atoms with Crippen LogP contribution in [-0.2, 0) is 19.1 Å².